The molecule has 0 aliphatic carbocycles. The Hall–Kier alpha value is -1.76. The highest BCUT2D eigenvalue weighted by atomic mass is 19.4. The first-order valence-electron chi connectivity index (χ1n) is 5.84. The van der Waals surface area contributed by atoms with Crippen LogP contribution in [0.4, 0.5) is 23.7 Å². The Balaban J connectivity index is 1.96. The maximum Gasteiger partial charge on any atom is 0.416 e. The van der Waals surface area contributed by atoms with Gasteiger partial charge in [0.05, 0.1) is 11.6 Å². The molecule has 19 heavy (non-hydrogen) atoms. The summed E-state index contributed by atoms with van der Waals surface area (Å²) >= 11 is 0. The number of carbonyl (C=O) groups is 1. The Bertz CT molecular complexity index is 518. The summed E-state index contributed by atoms with van der Waals surface area (Å²) in [6.07, 6.45) is -5.30. The molecule has 2 heterocycles. The van der Waals surface area contributed by atoms with E-state index < -0.39 is 17.8 Å². The van der Waals surface area contributed by atoms with E-state index in [1.807, 2.05) is 0 Å². The van der Waals surface area contributed by atoms with Gasteiger partial charge in [0.1, 0.15) is 6.10 Å². The highest BCUT2D eigenvalue weighted by molar-refractivity contribution is 5.91. The van der Waals surface area contributed by atoms with E-state index >= 15 is 0 Å². The third-order valence-corrected chi connectivity index (χ3v) is 3.36. The number of rotatable bonds is 1. The summed E-state index contributed by atoms with van der Waals surface area (Å²) in [7, 11) is 0. The largest absolute Gasteiger partial charge is 0.442 e. The van der Waals surface area contributed by atoms with Crippen LogP contribution in [0.3, 0.4) is 0 Å². The molecule has 0 radical (unpaired) electrons. The first kappa shape index (κ1) is 12.3. The van der Waals surface area contributed by atoms with Crippen LogP contribution in [0.1, 0.15) is 5.56 Å². The second-order valence-electron chi connectivity index (χ2n) is 4.57. The number of ether oxygens (including phenoxy) is 1. The minimum Gasteiger partial charge on any atom is -0.442 e. The van der Waals surface area contributed by atoms with E-state index in [9.17, 15) is 18.0 Å². The van der Waals surface area contributed by atoms with Crippen molar-refractivity contribution >= 4 is 11.8 Å². The topological polar surface area (TPSA) is 41.6 Å². The van der Waals surface area contributed by atoms with Gasteiger partial charge < -0.3 is 10.1 Å². The Kier molecular flexibility index (Phi) is 2.67. The lowest BCUT2D eigenvalue weighted by atomic mass is 10.1. The van der Waals surface area contributed by atoms with Crippen LogP contribution in [0.15, 0.2) is 24.3 Å². The molecule has 4 nitrogen and oxygen atoms in total. The summed E-state index contributed by atoms with van der Waals surface area (Å²) in [5, 5.41) is 3.05. The Morgan fingerprint density at radius 2 is 2.11 bits per heavy atom. The maximum absolute atomic E-state index is 12.7. The zero-order valence-corrected chi connectivity index (χ0v) is 9.78. The van der Waals surface area contributed by atoms with Crippen molar-refractivity contribution in [1.29, 1.82) is 0 Å². The number of nitrogens with zero attached hydrogens (tertiary/aromatic N) is 1. The second-order valence-corrected chi connectivity index (χ2v) is 4.57. The van der Waals surface area contributed by atoms with E-state index in [0.717, 1.165) is 12.1 Å². The molecule has 2 aliphatic rings. The van der Waals surface area contributed by atoms with E-state index in [1.54, 1.807) is 0 Å². The van der Waals surface area contributed by atoms with E-state index in [4.69, 9.17) is 4.74 Å². The van der Waals surface area contributed by atoms with Crippen molar-refractivity contribution < 1.29 is 22.7 Å². The molecule has 0 aromatic heterocycles. The fourth-order valence-corrected chi connectivity index (χ4v) is 2.47. The van der Waals surface area contributed by atoms with Crippen LogP contribution < -0.4 is 10.2 Å². The van der Waals surface area contributed by atoms with Crippen LogP contribution in [-0.4, -0.2) is 31.3 Å². The van der Waals surface area contributed by atoms with E-state index in [1.165, 1.54) is 17.0 Å². The van der Waals surface area contributed by atoms with Gasteiger partial charge in [-0.05, 0) is 18.2 Å². The lowest BCUT2D eigenvalue weighted by molar-refractivity contribution is -0.137. The molecule has 2 atom stereocenters. The second kappa shape index (κ2) is 4.12. The predicted molar refractivity (Wildman–Crippen MR) is 60.8 cm³/mol. The smallest absolute Gasteiger partial charge is 0.416 e. The average Bonchev–Trinajstić information content (AvgIpc) is 2.87. The molecule has 1 aromatic carbocycles. The molecule has 7 heteroatoms. The summed E-state index contributed by atoms with van der Waals surface area (Å²) in [6.45, 7) is 1.05. The van der Waals surface area contributed by atoms with Gasteiger partial charge in [-0.15, -0.1) is 0 Å². The number of carbonyl (C=O) groups excluding carboxylic acids is 1. The zero-order chi connectivity index (χ0) is 13.6. The monoisotopic (exact) mass is 272 g/mol. The van der Waals surface area contributed by atoms with E-state index in [0.29, 0.717) is 13.1 Å². The SMILES string of the molecule is O=C1OC2CNCC2N1c1cccc(C(F)(F)F)c1. The minimum absolute atomic E-state index is 0.219. The Morgan fingerprint density at radius 1 is 1.32 bits per heavy atom. The molecule has 0 spiro atoms. The van der Waals surface area contributed by atoms with Crippen molar-refractivity contribution in [2.75, 3.05) is 18.0 Å². The number of hydrogen-bond donors (Lipinski definition) is 1. The number of benzene rings is 1. The quantitative estimate of drug-likeness (QED) is 0.850. The molecule has 1 amide bonds. The van der Waals surface area contributed by atoms with E-state index in [-0.39, 0.29) is 17.8 Å². The number of hydrogen-bond acceptors (Lipinski definition) is 3. The van der Waals surface area contributed by atoms with Gasteiger partial charge in [-0.2, -0.15) is 13.2 Å². The number of amides is 1. The van der Waals surface area contributed by atoms with Gasteiger partial charge in [0, 0.05) is 18.8 Å². The van der Waals surface area contributed by atoms with Crippen LogP contribution in [0.5, 0.6) is 0 Å². The first-order valence-corrected chi connectivity index (χ1v) is 5.84. The molecule has 2 unspecified atom stereocenters. The van der Waals surface area contributed by atoms with Gasteiger partial charge in [0.15, 0.2) is 0 Å². The molecule has 2 saturated heterocycles. The normalized spacial score (nSPS) is 26.5. The molecular weight excluding hydrogens is 261 g/mol. The molecule has 0 saturated carbocycles. The first-order chi connectivity index (χ1) is 8.97. The maximum atomic E-state index is 12.7. The number of anilines is 1. The van der Waals surface area contributed by atoms with E-state index in [2.05, 4.69) is 5.32 Å². The Morgan fingerprint density at radius 3 is 2.84 bits per heavy atom. The minimum atomic E-state index is -4.42. The van der Waals surface area contributed by atoms with Crippen LogP contribution in [0.25, 0.3) is 0 Å². The average molecular weight is 272 g/mol. The zero-order valence-electron chi connectivity index (χ0n) is 9.78. The van der Waals surface area contributed by atoms with Gasteiger partial charge in [0.2, 0.25) is 0 Å². The van der Waals surface area contributed by atoms with Crippen molar-refractivity contribution in [1.82, 2.24) is 5.32 Å². The molecule has 1 aromatic rings. The summed E-state index contributed by atoms with van der Waals surface area (Å²) in [4.78, 5) is 13.0. The fourth-order valence-electron chi connectivity index (χ4n) is 2.47. The molecule has 1 N–H and O–H groups in total. The van der Waals surface area contributed by atoms with Gasteiger partial charge in [-0.1, -0.05) is 6.07 Å². The third-order valence-electron chi connectivity index (χ3n) is 3.36. The summed E-state index contributed by atoms with van der Waals surface area (Å²) in [5.74, 6) is 0. The molecule has 0 bridgehead atoms. The van der Waals surface area contributed by atoms with Crippen LogP contribution in [0.2, 0.25) is 0 Å². The third kappa shape index (κ3) is 2.03. The van der Waals surface area contributed by atoms with Crippen molar-refractivity contribution in [3.8, 4) is 0 Å². The molecule has 3 rings (SSSR count). The van der Waals surface area contributed by atoms with Crippen molar-refractivity contribution in [3.63, 3.8) is 0 Å². The number of fused-ring (bicyclic) bond motifs is 1. The van der Waals surface area contributed by atoms with Gasteiger partial charge in [-0.25, -0.2) is 4.79 Å². The van der Waals surface area contributed by atoms with Gasteiger partial charge >= 0.3 is 12.3 Å². The van der Waals surface area contributed by atoms with Crippen molar-refractivity contribution in [2.45, 2.75) is 18.3 Å². The highest BCUT2D eigenvalue weighted by Gasteiger charge is 2.45. The van der Waals surface area contributed by atoms with Crippen molar-refractivity contribution in [2.24, 2.45) is 0 Å². The predicted octanol–water partition coefficient (Wildman–Crippen LogP) is 2.00. The lowest BCUT2D eigenvalue weighted by Crippen LogP contribution is -2.37. The van der Waals surface area contributed by atoms with Gasteiger partial charge in [0.25, 0.3) is 0 Å². The highest BCUT2D eigenvalue weighted by Crippen LogP contribution is 2.34. The standard InChI is InChI=1S/C12H11F3N2O2/c13-12(14,15)7-2-1-3-8(4-7)17-9-5-16-6-10(9)19-11(17)18/h1-4,9-10,16H,5-6H2. The van der Waals surface area contributed by atoms with Crippen LogP contribution in [0, 0.1) is 0 Å². The summed E-state index contributed by atoms with van der Waals surface area (Å²) < 4.78 is 43.1. The molecule has 2 fully saturated rings. The number of halogens is 3. The number of nitrogens with one attached hydrogen (secondary N) is 1. The molecular formula is C12H11F3N2O2. The fraction of sp³-hybridized carbons (Fsp3) is 0.417. The Labute approximate surface area is 107 Å². The van der Waals surface area contributed by atoms with Crippen LogP contribution in [-0.2, 0) is 10.9 Å². The van der Waals surface area contributed by atoms with Gasteiger partial charge in [-0.3, -0.25) is 4.90 Å². The number of alkyl halides is 3. The molecule has 102 valence electrons. The summed E-state index contributed by atoms with van der Waals surface area (Å²) in [6, 6.07) is 4.49. The summed E-state index contributed by atoms with van der Waals surface area (Å²) in [5.41, 5.74) is -0.553. The van der Waals surface area contributed by atoms with Crippen molar-refractivity contribution in [3.05, 3.63) is 29.8 Å². The van der Waals surface area contributed by atoms with Crippen LogP contribution >= 0.6 is 0 Å². The lowest BCUT2D eigenvalue weighted by Gasteiger charge is -2.20. The molecule has 2 aliphatic heterocycles.